The summed E-state index contributed by atoms with van der Waals surface area (Å²) in [6.45, 7) is 5.58. The summed E-state index contributed by atoms with van der Waals surface area (Å²) in [6, 6.07) is 4.09. The molecule has 1 aliphatic heterocycles. The first-order chi connectivity index (χ1) is 11.7. The van der Waals surface area contributed by atoms with Gasteiger partial charge in [-0.1, -0.05) is 5.21 Å². The summed E-state index contributed by atoms with van der Waals surface area (Å²) in [5.41, 5.74) is 7.03. The van der Waals surface area contributed by atoms with Gasteiger partial charge in [0.2, 0.25) is 0 Å². The van der Waals surface area contributed by atoms with Gasteiger partial charge in [-0.3, -0.25) is 14.5 Å². The van der Waals surface area contributed by atoms with E-state index in [4.69, 9.17) is 5.73 Å². The quantitative estimate of drug-likeness (QED) is 0.852. The van der Waals surface area contributed by atoms with E-state index in [1.54, 1.807) is 23.3 Å². The van der Waals surface area contributed by atoms with Crippen LogP contribution < -0.4 is 10.6 Å². The van der Waals surface area contributed by atoms with Crippen molar-refractivity contribution in [2.24, 2.45) is 5.73 Å². The van der Waals surface area contributed by atoms with Crippen LogP contribution in [0, 0.1) is 0 Å². The van der Waals surface area contributed by atoms with Gasteiger partial charge in [0.1, 0.15) is 0 Å². The standard InChI is InChI=1S/C16H23N7O/c1-13-11-21(14-3-6-18-7-4-14)9-10-23(13)16(24)15-12-22(20-19-15)8-2-5-17/h3-4,6-7,12-13H,2,5,8-11,17H2,1H3. The van der Waals surface area contributed by atoms with E-state index < -0.39 is 0 Å². The molecule has 3 rings (SSSR count). The van der Waals surface area contributed by atoms with E-state index in [9.17, 15) is 4.79 Å². The predicted octanol–water partition coefficient (Wildman–Crippen LogP) is 0.373. The molecule has 0 saturated carbocycles. The SMILES string of the molecule is CC1CN(c2ccncc2)CCN1C(=O)c1cn(CCCN)nn1. The van der Waals surface area contributed by atoms with Crippen molar-refractivity contribution in [1.29, 1.82) is 0 Å². The van der Waals surface area contributed by atoms with E-state index in [1.165, 1.54) is 0 Å². The third-order valence-corrected chi connectivity index (χ3v) is 4.27. The van der Waals surface area contributed by atoms with Gasteiger partial charge in [-0.2, -0.15) is 0 Å². The minimum absolute atomic E-state index is 0.0594. The van der Waals surface area contributed by atoms with Gasteiger partial charge in [0.15, 0.2) is 5.69 Å². The second-order valence-corrected chi connectivity index (χ2v) is 6.01. The lowest BCUT2D eigenvalue weighted by atomic mass is 10.1. The molecule has 1 fully saturated rings. The van der Waals surface area contributed by atoms with Gasteiger partial charge in [-0.15, -0.1) is 5.10 Å². The molecular weight excluding hydrogens is 306 g/mol. The number of aromatic nitrogens is 4. The highest BCUT2D eigenvalue weighted by atomic mass is 16.2. The zero-order valence-corrected chi connectivity index (χ0v) is 13.9. The number of aryl methyl sites for hydroxylation is 1. The molecule has 0 spiro atoms. The van der Waals surface area contributed by atoms with Crippen LogP contribution in [0.3, 0.4) is 0 Å². The van der Waals surface area contributed by atoms with Crippen LogP contribution in [-0.4, -0.2) is 63.0 Å². The summed E-state index contributed by atoms with van der Waals surface area (Å²) < 4.78 is 1.68. The highest BCUT2D eigenvalue weighted by Gasteiger charge is 2.29. The van der Waals surface area contributed by atoms with E-state index in [-0.39, 0.29) is 11.9 Å². The molecule has 0 radical (unpaired) electrons. The Morgan fingerprint density at radius 1 is 1.33 bits per heavy atom. The molecule has 2 aromatic heterocycles. The van der Waals surface area contributed by atoms with Crippen LogP contribution in [-0.2, 0) is 6.54 Å². The van der Waals surface area contributed by atoms with Crippen LogP contribution in [0.4, 0.5) is 5.69 Å². The van der Waals surface area contributed by atoms with Gasteiger partial charge in [-0.25, -0.2) is 0 Å². The molecule has 1 amide bonds. The molecule has 24 heavy (non-hydrogen) atoms. The Hall–Kier alpha value is -2.48. The van der Waals surface area contributed by atoms with Crippen molar-refractivity contribution in [3.05, 3.63) is 36.4 Å². The highest BCUT2D eigenvalue weighted by Crippen LogP contribution is 2.19. The van der Waals surface area contributed by atoms with Gasteiger partial charge in [0, 0.05) is 50.3 Å². The Kier molecular flexibility index (Phi) is 5.05. The number of nitrogens with zero attached hydrogens (tertiary/aromatic N) is 6. The highest BCUT2D eigenvalue weighted by molar-refractivity contribution is 5.92. The number of piperazine rings is 1. The lowest BCUT2D eigenvalue weighted by Crippen LogP contribution is -2.54. The Morgan fingerprint density at radius 2 is 2.12 bits per heavy atom. The molecule has 2 aromatic rings. The number of rotatable bonds is 5. The maximum Gasteiger partial charge on any atom is 0.276 e. The largest absolute Gasteiger partial charge is 0.368 e. The normalized spacial score (nSPS) is 18.0. The molecule has 0 aromatic carbocycles. The molecule has 1 unspecified atom stereocenters. The summed E-state index contributed by atoms with van der Waals surface area (Å²) in [5.74, 6) is -0.0594. The molecule has 1 saturated heterocycles. The van der Waals surface area contributed by atoms with E-state index >= 15 is 0 Å². The Morgan fingerprint density at radius 3 is 2.83 bits per heavy atom. The number of hydrogen-bond acceptors (Lipinski definition) is 6. The molecule has 128 valence electrons. The molecular formula is C16H23N7O. The van der Waals surface area contributed by atoms with Crippen molar-refractivity contribution in [3.8, 4) is 0 Å². The lowest BCUT2D eigenvalue weighted by molar-refractivity contribution is 0.0668. The molecule has 0 bridgehead atoms. The van der Waals surface area contributed by atoms with Crippen LogP contribution in [0.2, 0.25) is 0 Å². The summed E-state index contributed by atoms with van der Waals surface area (Å²) >= 11 is 0. The number of anilines is 1. The Balaban J connectivity index is 1.63. The smallest absolute Gasteiger partial charge is 0.276 e. The van der Waals surface area contributed by atoms with Gasteiger partial charge < -0.3 is 15.5 Å². The van der Waals surface area contributed by atoms with Crippen LogP contribution in [0.1, 0.15) is 23.8 Å². The fourth-order valence-corrected chi connectivity index (χ4v) is 2.95. The van der Waals surface area contributed by atoms with E-state index in [1.807, 2.05) is 17.0 Å². The van der Waals surface area contributed by atoms with Gasteiger partial charge in [0.25, 0.3) is 5.91 Å². The number of amides is 1. The van der Waals surface area contributed by atoms with Gasteiger partial charge >= 0.3 is 0 Å². The third kappa shape index (κ3) is 3.53. The fourth-order valence-electron chi connectivity index (χ4n) is 2.95. The second kappa shape index (κ2) is 7.39. The van der Waals surface area contributed by atoms with E-state index in [0.29, 0.717) is 25.3 Å². The van der Waals surface area contributed by atoms with Crippen LogP contribution in [0.5, 0.6) is 0 Å². The van der Waals surface area contributed by atoms with Crippen molar-refractivity contribution in [3.63, 3.8) is 0 Å². The Labute approximate surface area is 141 Å². The topological polar surface area (TPSA) is 93.2 Å². The maximum atomic E-state index is 12.7. The number of nitrogens with two attached hydrogens (primary N) is 1. The third-order valence-electron chi connectivity index (χ3n) is 4.27. The first-order valence-corrected chi connectivity index (χ1v) is 8.25. The molecule has 0 aliphatic carbocycles. The lowest BCUT2D eigenvalue weighted by Gasteiger charge is -2.40. The maximum absolute atomic E-state index is 12.7. The predicted molar refractivity (Wildman–Crippen MR) is 90.6 cm³/mol. The zero-order chi connectivity index (χ0) is 16.9. The minimum Gasteiger partial charge on any atom is -0.368 e. The first-order valence-electron chi connectivity index (χ1n) is 8.25. The van der Waals surface area contributed by atoms with Crippen LogP contribution in [0.25, 0.3) is 0 Å². The molecule has 2 N–H and O–H groups in total. The summed E-state index contributed by atoms with van der Waals surface area (Å²) in [7, 11) is 0. The first kappa shape index (κ1) is 16.4. The molecule has 8 nitrogen and oxygen atoms in total. The Bertz CT molecular complexity index is 672. The summed E-state index contributed by atoms with van der Waals surface area (Å²) in [5, 5.41) is 8.02. The average Bonchev–Trinajstić information content (AvgIpc) is 3.09. The number of hydrogen-bond donors (Lipinski definition) is 1. The van der Waals surface area contributed by atoms with E-state index in [0.717, 1.165) is 25.2 Å². The van der Waals surface area contributed by atoms with Gasteiger partial charge in [-0.05, 0) is 32.0 Å². The molecule has 8 heteroatoms. The zero-order valence-electron chi connectivity index (χ0n) is 13.9. The average molecular weight is 329 g/mol. The van der Waals surface area contributed by atoms with Crippen LogP contribution in [0.15, 0.2) is 30.7 Å². The van der Waals surface area contributed by atoms with Crippen molar-refractivity contribution >= 4 is 11.6 Å². The summed E-state index contributed by atoms with van der Waals surface area (Å²) in [4.78, 5) is 20.9. The minimum atomic E-state index is -0.0594. The van der Waals surface area contributed by atoms with Crippen molar-refractivity contribution in [2.75, 3.05) is 31.1 Å². The number of carbonyl (C=O) groups excluding carboxylic acids is 1. The fraction of sp³-hybridized carbons (Fsp3) is 0.500. The monoisotopic (exact) mass is 329 g/mol. The van der Waals surface area contributed by atoms with E-state index in [2.05, 4.69) is 27.1 Å². The number of carbonyl (C=O) groups is 1. The van der Waals surface area contributed by atoms with Crippen LogP contribution >= 0.6 is 0 Å². The van der Waals surface area contributed by atoms with Crippen molar-refractivity contribution in [1.82, 2.24) is 24.9 Å². The number of pyridine rings is 1. The molecule has 1 aliphatic rings. The second-order valence-electron chi connectivity index (χ2n) is 6.01. The van der Waals surface area contributed by atoms with Crippen molar-refractivity contribution in [2.45, 2.75) is 25.9 Å². The molecule has 1 atom stereocenters. The summed E-state index contributed by atoms with van der Waals surface area (Å²) in [6.07, 6.45) is 6.10. The van der Waals surface area contributed by atoms with Crippen molar-refractivity contribution < 1.29 is 4.79 Å². The van der Waals surface area contributed by atoms with Gasteiger partial charge in [0.05, 0.1) is 6.20 Å². The molecule has 3 heterocycles.